The normalized spacial score (nSPS) is 43.5. The Morgan fingerprint density at radius 3 is 2.60 bits per heavy atom. The van der Waals surface area contributed by atoms with Crippen LogP contribution in [0, 0.1) is 23.2 Å². The van der Waals surface area contributed by atoms with Gasteiger partial charge < -0.3 is 14.6 Å². The molecule has 6 atom stereocenters. The molecule has 0 aromatic carbocycles. The van der Waals surface area contributed by atoms with Gasteiger partial charge in [-0.3, -0.25) is 9.59 Å². The van der Waals surface area contributed by atoms with E-state index in [-0.39, 0.29) is 29.5 Å². The van der Waals surface area contributed by atoms with Crippen molar-refractivity contribution in [2.75, 3.05) is 0 Å². The molecule has 2 aliphatic heterocycles. The van der Waals surface area contributed by atoms with E-state index >= 15 is 0 Å². The van der Waals surface area contributed by atoms with Crippen LogP contribution in [-0.2, 0) is 23.9 Å². The first-order valence-electron chi connectivity index (χ1n) is 8.85. The van der Waals surface area contributed by atoms with E-state index < -0.39 is 23.8 Å². The van der Waals surface area contributed by atoms with Gasteiger partial charge in [0.25, 0.3) is 0 Å². The first-order chi connectivity index (χ1) is 11.8. The number of aliphatic hydroxyl groups excluding tert-OH is 1. The van der Waals surface area contributed by atoms with Crippen LogP contribution in [0.5, 0.6) is 0 Å². The summed E-state index contributed by atoms with van der Waals surface area (Å²) in [6, 6.07) is 0. The Morgan fingerprint density at radius 1 is 1.16 bits per heavy atom. The van der Waals surface area contributed by atoms with E-state index in [1.54, 1.807) is 6.08 Å². The summed E-state index contributed by atoms with van der Waals surface area (Å²) in [5, 5.41) is 9.91. The average Bonchev–Trinajstić information content (AvgIpc) is 3.04. The van der Waals surface area contributed by atoms with Crippen molar-refractivity contribution in [2.24, 2.45) is 23.2 Å². The summed E-state index contributed by atoms with van der Waals surface area (Å²) >= 11 is 0. The molecule has 6 nitrogen and oxygen atoms in total. The standard InChI is InChI=1S/C19H22O6/c1-9-5-11(20)6-14-12(9)4-3-10(2)19(14)8-15(24-18(19)23)13-7-16(21)25-17(13)22/h5,7,10,12,14-15,17,22H,3-4,6,8H2,1-2H3/t10-,12+,14+,15-,17?,19-/m1/s1. The van der Waals surface area contributed by atoms with Crippen molar-refractivity contribution in [3.63, 3.8) is 0 Å². The van der Waals surface area contributed by atoms with Gasteiger partial charge in [-0.15, -0.1) is 0 Å². The number of ether oxygens (including phenoxy) is 2. The van der Waals surface area contributed by atoms with E-state index in [9.17, 15) is 19.5 Å². The molecule has 6 heteroatoms. The predicted molar refractivity (Wildman–Crippen MR) is 85.9 cm³/mol. The number of carbonyl (C=O) groups is 3. The number of carbonyl (C=O) groups excluding carboxylic acids is 3. The molecule has 2 heterocycles. The molecule has 0 amide bonds. The van der Waals surface area contributed by atoms with Gasteiger partial charge in [0.2, 0.25) is 6.29 Å². The lowest BCUT2D eigenvalue weighted by molar-refractivity contribution is -0.158. The minimum atomic E-state index is -1.36. The summed E-state index contributed by atoms with van der Waals surface area (Å²) in [6.45, 7) is 4.00. The fourth-order valence-corrected chi connectivity index (χ4v) is 5.35. The highest BCUT2D eigenvalue weighted by molar-refractivity contribution is 5.93. The summed E-state index contributed by atoms with van der Waals surface area (Å²) in [5.41, 5.74) is 0.603. The monoisotopic (exact) mass is 346 g/mol. The molecule has 1 saturated heterocycles. The Balaban J connectivity index is 1.71. The lowest BCUT2D eigenvalue weighted by atomic mass is 9.52. The van der Waals surface area contributed by atoms with Crippen molar-refractivity contribution in [3.8, 4) is 0 Å². The van der Waals surface area contributed by atoms with E-state index in [1.807, 2.05) is 13.8 Å². The van der Waals surface area contributed by atoms with Crippen molar-refractivity contribution in [3.05, 3.63) is 23.3 Å². The molecule has 0 radical (unpaired) electrons. The molecule has 2 aliphatic carbocycles. The van der Waals surface area contributed by atoms with Crippen molar-refractivity contribution < 1.29 is 29.0 Å². The van der Waals surface area contributed by atoms with Crippen molar-refractivity contribution in [1.29, 1.82) is 0 Å². The minimum absolute atomic E-state index is 0.0575. The number of rotatable bonds is 1. The molecule has 0 bridgehead atoms. The topological polar surface area (TPSA) is 89.9 Å². The highest BCUT2D eigenvalue weighted by atomic mass is 16.6. The van der Waals surface area contributed by atoms with Gasteiger partial charge in [-0.2, -0.15) is 0 Å². The first kappa shape index (κ1) is 16.5. The van der Waals surface area contributed by atoms with Gasteiger partial charge in [0.1, 0.15) is 6.10 Å². The third-order valence-electron chi connectivity index (χ3n) is 6.65. The van der Waals surface area contributed by atoms with Crippen LogP contribution in [0.15, 0.2) is 23.3 Å². The van der Waals surface area contributed by atoms with Crippen molar-refractivity contribution in [2.45, 2.75) is 51.9 Å². The van der Waals surface area contributed by atoms with E-state index in [0.29, 0.717) is 18.4 Å². The quantitative estimate of drug-likeness (QED) is 0.727. The maximum atomic E-state index is 13.0. The van der Waals surface area contributed by atoms with Crippen LogP contribution < -0.4 is 0 Å². The van der Waals surface area contributed by atoms with Gasteiger partial charge in [0, 0.05) is 24.5 Å². The maximum absolute atomic E-state index is 13.0. The lowest BCUT2D eigenvalue weighted by Crippen LogP contribution is -2.50. The van der Waals surface area contributed by atoms with Gasteiger partial charge in [-0.05, 0) is 43.6 Å². The number of aliphatic hydroxyl groups is 1. The summed E-state index contributed by atoms with van der Waals surface area (Å²) < 4.78 is 10.4. The smallest absolute Gasteiger partial charge is 0.333 e. The summed E-state index contributed by atoms with van der Waals surface area (Å²) in [6.07, 6.45) is 3.48. The number of hydrogen-bond donors (Lipinski definition) is 1. The Morgan fingerprint density at radius 2 is 1.92 bits per heavy atom. The van der Waals surface area contributed by atoms with E-state index in [1.165, 1.54) is 6.08 Å². The average molecular weight is 346 g/mol. The third-order valence-corrected chi connectivity index (χ3v) is 6.65. The van der Waals surface area contributed by atoms with Gasteiger partial charge >= 0.3 is 11.9 Å². The summed E-state index contributed by atoms with van der Waals surface area (Å²) in [4.78, 5) is 36.6. The lowest BCUT2D eigenvalue weighted by Gasteiger charge is -2.49. The fraction of sp³-hybridized carbons (Fsp3) is 0.632. The Labute approximate surface area is 145 Å². The van der Waals surface area contributed by atoms with Gasteiger partial charge in [-0.1, -0.05) is 12.5 Å². The van der Waals surface area contributed by atoms with Gasteiger partial charge in [0.15, 0.2) is 5.78 Å². The Hall–Kier alpha value is -1.95. The zero-order valence-corrected chi connectivity index (χ0v) is 14.4. The van der Waals surface area contributed by atoms with Crippen LogP contribution >= 0.6 is 0 Å². The largest absolute Gasteiger partial charge is 0.457 e. The number of hydrogen-bond acceptors (Lipinski definition) is 6. The molecule has 134 valence electrons. The fourth-order valence-electron chi connectivity index (χ4n) is 5.35. The first-order valence-corrected chi connectivity index (χ1v) is 8.85. The molecule has 25 heavy (non-hydrogen) atoms. The Kier molecular flexibility index (Phi) is 3.65. The van der Waals surface area contributed by atoms with E-state index in [4.69, 9.17) is 9.47 Å². The van der Waals surface area contributed by atoms with Crippen LogP contribution in [0.4, 0.5) is 0 Å². The second-order valence-corrected chi connectivity index (χ2v) is 7.82. The van der Waals surface area contributed by atoms with Crippen LogP contribution in [0.3, 0.4) is 0 Å². The molecular formula is C19H22O6. The number of fused-ring (bicyclic) bond motifs is 2. The van der Waals surface area contributed by atoms with Crippen LogP contribution in [-0.4, -0.2) is 35.2 Å². The van der Waals surface area contributed by atoms with Gasteiger partial charge in [0.05, 0.1) is 5.41 Å². The molecular weight excluding hydrogens is 324 g/mol. The predicted octanol–water partition coefficient (Wildman–Crippen LogP) is 1.67. The van der Waals surface area contributed by atoms with E-state index in [0.717, 1.165) is 18.4 Å². The molecule has 1 spiro atoms. The zero-order chi connectivity index (χ0) is 17.9. The summed E-state index contributed by atoms with van der Waals surface area (Å²) in [5.74, 6) is -0.666. The molecule has 4 aliphatic rings. The number of cyclic esters (lactones) is 2. The Bertz CT molecular complexity index is 719. The van der Waals surface area contributed by atoms with Crippen LogP contribution in [0.2, 0.25) is 0 Å². The molecule has 1 N–H and O–H groups in total. The number of allylic oxidation sites excluding steroid dienone is 2. The SMILES string of the molecule is CC1=CC(=O)C[C@H]2[C@H]1CC[C@@H](C)[C@]21C[C@H](C2=CC(=O)OC2O)OC1=O. The molecule has 0 aromatic heterocycles. The second kappa shape index (κ2) is 5.53. The molecule has 2 fully saturated rings. The molecule has 0 aromatic rings. The van der Waals surface area contributed by atoms with Crippen molar-refractivity contribution >= 4 is 17.7 Å². The highest BCUT2D eigenvalue weighted by Crippen LogP contribution is 2.59. The maximum Gasteiger partial charge on any atom is 0.333 e. The van der Waals surface area contributed by atoms with E-state index in [2.05, 4.69) is 0 Å². The minimum Gasteiger partial charge on any atom is -0.457 e. The molecule has 1 saturated carbocycles. The van der Waals surface area contributed by atoms with Crippen LogP contribution in [0.25, 0.3) is 0 Å². The molecule has 4 rings (SSSR count). The highest BCUT2D eigenvalue weighted by Gasteiger charge is 2.62. The summed E-state index contributed by atoms with van der Waals surface area (Å²) in [7, 11) is 0. The second-order valence-electron chi connectivity index (χ2n) is 7.82. The number of esters is 2. The van der Waals surface area contributed by atoms with Crippen molar-refractivity contribution in [1.82, 2.24) is 0 Å². The third kappa shape index (κ3) is 2.30. The number of ketones is 1. The van der Waals surface area contributed by atoms with Gasteiger partial charge in [-0.25, -0.2) is 4.79 Å². The zero-order valence-electron chi connectivity index (χ0n) is 14.4. The van der Waals surface area contributed by atoms with Crippen LogP contribution in [0.1, 0.15) is 39.5 Å². The molecule has 1 unspecified atom stereocenters.